The van der Waals surface area contributed by atoms with Crippen LogP contribution in [-0.4, -0.2) is 0 Å². The van der Waals surface area contributed by atoms with Gasteiger partial charge in [-0.25, -0.2) is 0 Å². The van der Waals surface area contributed by atoms with Crippen LogP contribution in [0.15, 0.2) is 0 Å². The van der Waals surface area contributed by atoms with Crippen molar-refractivity contribution in [1.82, 2.24) is 0 Å². The van der Waals surface area contributed by atoms with E-state index in [1.807, 2.05) is 0 Å². The van der Waals surface area contributed by atoms with Gasteiger partial charge < -0.3 is 0 Å². The molecule has 0 aromatic carbocycles. The van der Waals surface area contributed by atoms with Crippen LogP contribution in [-0.2, 0) is 7.70 Å². The van der Waals surface area contributed by atoms with Gasteiger partial charge in [-0.1, -0.05) is 0 Å². The van der Waals surface area contributed by atoms with Gasteiger partial charge in [0.15, 0.2) is 0 Å². The number of rotatable bonds is 0. The predicted molar refractivity (Wildman–Crippen MR) is 47.9 cm³/mol. The first kappa shape index (κ1) is 8.07. The fourth-order valence-electron chi connectivity index (χ4n) is 0. The van der Waals surface area contributed by atoms with E-state index in [0.29, 0.717) is 0 Å². The molecule has 0 rings (SSSR count). The van der Waals surface area contributed by atoms with Crippen LogP contribution < -0.4 is 0 Å². The number of hydrogen-bond donors (Lipinski definition) is 0. The quantitative estimate of drug-likeness (QED) is 0.461. The fraction of sp³-hybridized carbons (Fsp3) is 1.00. The molecule has 0 amide bonds. The van der Waals surface area contributed by atoms with E-state index in [-0.39, 0.29) is 0 Å². The molecule has 0 aromatic heterocycles. The Morgan fingerprint density at radius 2 is 1.20 bits per heavy atom. The zero-order valence-electron chi connectivity index (χ0n) is 2.63. The van der Waals surface area contributed by atoms with Crippen LogP contribution in [0.2, 0.25) is 4.63 Å². The van der Waals surface area contributed by atoms with Gasteiger partial charge in [-0.3, -0.25) is 0 Å². The van der Waals surface area contributed by atoms with Crippen molar-refractivity contribution in [3.63, 3.8) is 0 Å². The summed E-state index contributed by atoms with van der Waals surface area (Å²) in [6.45, 7) is 0. The molecule has 0 unspecified atom stereocenters. The second-order valence-electron chi connectivity index (χ2n) is 0.781. The number of hydrogen-bond acceptors (Lipinski definition) is 0. The average Bonchev–Trinajstić information content (AvgIpc) is 0.722. The first-order chi connectivity index (χ1) is 2.00. The molecule has 0 aliphatic rings. The normalized spacial score (nSPS) is 12.0. The Morgan fingerprint density at radius 3 is 1.20 bits per heavy atom. The summed E-state index contributed by atoms with van der Waals surface area (Å²) >= 11 is 7.68. The van der Waals surface area contributed by atoms with Crippen molar-refractivity contribution in [2.75, 3.05) is 0 Å². The van der Waals surface area contributed by atoms with E-state index < -0.39 is 7.70 Å². The Hall–Kier alpha value is 3.07. The molecule has 0 atom stereocenters. The van der Waals surface area contributed by atoms with Crippen LogP contribution in [0.4, 0.5) is 0 Å². The summed E-state index contributed by atoms with van der Waals surface area (Å²) in [5.41, 5.74) is 0. The van der Waals surface area contributed by atoms with Crippen LogP contribution >= 0.6 is 54.1 Å². The van der Waals surface area contributed by atoms with E-state index in [0.717, 1.165) is 0 Å². The first-order valence-electron chi connectivity index (χ1n) is 1.07. The standard InChI is InChI=1S/CH3.3HI.Zr/h1H3;3*1H;/q;;;;+3/p-3. The Morgan fingerprint density at radius 1 is 1.20 bits per heavy atom. The van der Waals surface area contributed by atoms with Crippen LogP contribution in [0, 0.1) is 0 Å². The van der Waals surface area contributed by atoms with Crippen LogP contribution in [0.1, 0.15) is 0 Å². The second kappa shape index (κ2) is 3.17. The van der Waals surface area contributed by atoms with E-state index in [1.54, 1.807) is 0 Å². The van der Waals surface area contributed by atoms with Crippen molar-refractivity contribution in [3.05, 3.63) is 0 Å². The molecule has 0 aliphatic heterocycles. The molecule has 0 aliphatic carbocycles. The molecule has 0 aromatic rings. The molecular weight excluding hydrogens is 484 g/mol. The SMILES string of the molecule is [CH3][Zr]([I])([I])[I]. The third kappa shape index (κ3) is 19.3. The molecule has 0 N–H and O–H groups in total. The Kier molecular flexibility index (Phi) is 5.12. The van der Waals surface area contributed by atoms with Crippen molar-refractivity contribution in [2.45, 2.75) is 4.63 Å². The minimum atomic E-state index is -1.27. The maximum absolute atomic E-state index is 2.56. The maximum atomic E-state index is 2.56. The van der Waals surface area contributed by atoms with E-state index >= 15 is 0 Å². The molecule has 0 radical (unpaired) electrons. The van der Waals surface area contributed by atoms with Crippen molar-refractivity contribution in [3.8, 4) is 0 Å². The average molecular weight is 487 g/mol. The van der Waals surface area contributed by atoms with Crippen molar-refractivity contribution < 1.29 is 7.70 Å². The second-order valence-corrected chi connectivity index (χ2v) is 79.5. The van der Waals surface area contributed by atoms with Gasteiger partial charge in [0.2, 0.25) is 0 Å². The summed E-state index contributed by atoms with van der Waals surface area (Å²) in [6, 6.07) is 0. The zero-order valence-corrected chi connectivity index (χ0v) is 11.6. The molecule has 0 spiro atoms. The third-order valence-electron chi connectivity index (χ3n) is 0. The first-order valence-corrected chi connectivity index (χ1v) is 25.5. The third-order valence-corrected chi connectivity index (χ3v) is 0. The van der Waals surface area contributed by atoms with Gasteiger partial charge in [-0.2, -0.15) is 0 Å². The fourth-order valence-corrected chi connectivity index (χ4v) is 0. The van der Waals surface area contributed by atoms with Gasteiger partial charge in [0, 0.05) is 0 Å². The van der Waals surface area contributed by atoms with Crippen molar-refractivity contribution >= 4 is 54.1 Å². The predicted octanol–water partition coefficient (Wildman–Crippen LogP) is 3.24. The van der Waals surface area contributed by atoms with E-state index in [2.05, 4.69) is 58.8 Å². The molecule has 0 fully saturated rings. The summed E-state index contributed by atoms with van der Waals surface area (Å²) in [6.07, 6.45) is 0. The molecule has 32 valence electrons. The van der Waals surface area contributed by atoms with Crippen LogP contribution in [0.3, 0.4) is 0 Å². The molecule has 5 heavy (non-hydrogen) atoms. The zero-order chi connectivity index (χ0) is 4.50. The van der Waals surface area contributed by atoms with Crippen molar-refractivity contribution in [1.29, 1.82) is 0 Å². The molecule has 0 bridgehead atoms. The topological polar surface area (TPSA) is 0 Å². The monoisotopic (exact) mass is 486 g/mol. The van der Waals surface area contributed by atoms with Crippen molar-refractivity contribution in [2.24, 2.45) is 0 Å². The molecule has 0 saturated heterocycles. The van der Waals surface area contributed by atoms with Crippen LogP contribution in [0.5, 0.6) is 0 Å². The molecule has 4 heteroatoms. The Balaban J connectivity index is 3.02. The minimum absolute atomic E-state index is 1.27. The number of halogens is 3. The van der Waals surface area contributed by atoms with Gasteiger partial charge in [0.05, 0.1) is 0 Å². The summed E-state index contributed by atoms with van der Waals surface area (Å²) in [4.78, 5) is 0. The molecular formula is CH3I3Zr. The summed E-state index contributed by atoms with van der Waals surface area (Å²) < 4.78 is 2.36. The molecule has 0 heterocycles. The van der Waals surface area contributed by atoms with E-state index in [1.165, 1.54) is 0 Å². The Labute approximate surface area is 64.3 Å². The van der Waals surface area contributed by atoms with Gasteiger partial charge in [-0.05, 0) is 0 Å². The van der Waals surface area contributed by atoms with Crippen LogP contribution in [0.25, 0.3) is 0 Å². The summed E-state index contributed by atoms with van der Waals surface area (Å²) in [5, 5.41) is 0. The van der Waals surface area contributed by atoms with E-state index in [4.69, 9.17) is 0 Å². The van der Waals surface area contributed by atoms with Gasteiger partial charge in [-0.15, -0.1) is 0 Å². The van der Waals surface area contributed by atoms with E-state index in [9.17, 15) is 0 Å². The Bertz CT molecular complexity index is 22.4. The van der Waals surface area contributed by atoms with Gasteiger partial charge >= 0.3 is 66.5 Å². The summed E-state index contributed by atoms with van der Waals surface area (Å²) in [5.74, 6) is 0. The van der Waals surface area contributed by atoms with Gasteiger partial charge in [0.1, 0.15) is 0 Å². The summed E-state index contributed by atoms with van der Waals surface area (Å²) in [7, 11) is -1.27. The molecule has 0 saturated carbocycles. The van der Waals surface area contributed by atoms with Gasteiger partial charge in [0.25, 0.3) is 0 Å². The molecule has 0 nitrogen and oxygen atoms in total.